The molecule has 0 aliphatic carbocycles. The lowest BCUT2D eigenvalue weighted by atomic mass is 10.0. The standard InChI is InChI=1S/C23H21N3O3S/c1-15-14-21(20-13-10-16-6-4-5-7-19(16)22(20)24-15)25-23(27)17-8-11-18(12-9-17)30(28,29)26(2)3/h4-14H,1-3H3,(H,24,25,27). The highest BCUT2D eigenvalue weighted by Gasteiger charge is 2.18. The van der Waals surface area contributed by atoms with Gasteiger partial charge in [-0.15, -0.1) is 0 Å². The van der Waals surface area contributed by atoms with Gasteiger partial charge in [0, 0.05) is 36.1 Å². The average molecular weight is 420 g/mol. The molecule has 0 saturated carbocycles. The molecule has 4 aromatic rings. The van der Waals surface area contributed by atoms with Crippen molar-refractivity contribution in [2.24, 2.45) is 0 Å². The number of rotatable bonds is 4. The van der Waals surface area contributed by atoms with E-state index < -0.39 is 10.0 Å². The SMILES string of the molecule is Cc1cc(NC(=O)c2ccc(S(=O)(=O)N(C)C)cc2)c2ccc3ccccc3c2n1. The molecule has 0 bridgehead atoms. The first-order valence-electron chi connectivity index (χ1n) is 9.40. The molecule has 0 spiro atoms. The minimum absolute atomic E-state index is 0.140. The molecular weight excluding hydrogens is 398 g/mol. The predicted molar refractivity (Wildman–Crippen MR) is 119 cm³/mol. The van der Waals surface area contributed by atoms with E-state index in [1.54, 1.807) is 0 Å². The number of anilines is 1. The van der Waals surface area contributed by atoms with E-state index in [1.165, 1.54) is 38.4 Å². The Hall–Kier alpha value is -3.29. The molecule has 0 aliphatic heterocycles. The molecule has 3 aromatic carbocycles. The molecule has 1 amide bonds. The van der Waals surface area contributed by atoms with Crippen LogP contribution in [-0.2, 0) is 10.0 Å². The van der Waals surface area contributed by atoms with Crippen LogP contribution >= 0.6 is 0 Å². The van der Waals surface area contributed by atoms with Crippen molar-refractivity contribution in [1.29, 1.82) is 0 Å². The molecule has 0 aliphatic rings. The van der Waals surface area contributed by atoms with E-state index in [0.717, 1.165) is 31.7 Å². The third-order valence-electron chi connectivity index (χ3n) is 4.98. The van der Waals surface area contributed by atoms with Crippen LogP contribution in [0.3, 0.4) is 0 Å². The maximum atomic E-state index is 12.8. The average Bonchev–Trinajstić information content (AvgIpc) is 2.73. The van der Waals surface area contributed by atoms with E-state index >= 15 is 0 Å². The van der Waals surface area contributed by atoms with Gasteiger partial charge >= 0.3 is 0 Å². The number of carbonyl (C=O) groups excluding carboxylic acids is 1. The fourth-order valence-electron chi connectivity index (χ4n) is 3.38. The van der Waals surface area contributed by atoms with Gasteiger partial charge in [0.25, 0.3) is 5.91 Å². The van der Waals surface area contributed by atoms with Crippen molar-refractivity contribution in [1.82, 2.24) is 9.29 Å². The number of benzene rings is 3. The fourth-order valence-corrected chi connectivity index (χ4v) is 4.28. The van der Waals surface area contributed by atoms with Crippen LogP contribution in [-0.4, -0.2) is 37.7 Å². The molecule has 6 nitrogen and oxygen atoms in total. The Morgan fingerprint density at radius 1 is 0.933 bits per heavy atom. The van der Waals surface area contributed by atoms with Gasteiger partial charge in [-0.05, 0) is 42.6 Å². The van der Waals surface area contributed by atoms with Crippen molar-refractivity contribution >= 4 is 43.3 Å². The smallest absolute Gasteiger partial charge is 0.255 e. The Bertz CT molecular complexity index is 1380. The van der Waals surface area contributed by atoms with Gasteiger partial charge in [-0.2, -0.15) is 0 Å². The molecule has 0 fully saturated rings. The fraction of sp³-hybridized carbons (Fsp3) is 0.130. The molecule has 1 N–H and O–H groups in total. The molecular formula is C23H21N3O3S. The number of fused-ring (bicyclic) bond motifs is 3. The lowest BCUT2D eigenvalue weighted by Crippen LogP contribution is -2.22. The first-order chi connectivity index (χ1) is 14.3. The summed E-state index contributed by atoms with van der Waals surface area (Å²) in [6.07, 6.45) is 0. The summed E-state index contributed by atoms with van der Waals surface area (Å²) < 4.78 is 25.6. The largest absolute Gasteiger partial charge is 0.321 e. The summed E-state index contributed by atoms with van der Waals surface area (Å²) in [6, 6.07) is 19.7. The Balaban J connectivity index is 1.71. The first-order valence-corrected chi connectivity index (χ1v) is 10.8. The Morgan fingerprint density at radius 3 is 2.33 bits per heavy atom. The van der Waals surface area contributed by atoms with Crippen LogP contribution in [0.4, 0.5) is 5.69 Å². The van der Waals surface area contributed by atoms with Crippen molar-refractivity contribution < 1.29 is 13.2 Å². The Kier molecular flexibility index (Phi) is 5.01. The molecule has 1 heterocycles. The summed E-state index contributed by atoms with van der Waals surface area (Å²) in [7, 11) is -0.603. The van der Waals surface area contributed by atoms with Crippen molar-refractivity contribution in [3.63, 3.8) is 0 Å². The minimum Gasteiger partial charge on any atom is -0.321 e. The molecule has 7 heteroatoms. The normalized spacial score (nSPS) is 11.9. The Morgan fingerprint density at radius 2 is 1.63 bits per heavy atom. The van der Waals surface area contributed by atoms with E-state index in [0.29, 0.717) is 11.3 Å². The zero-order chi connectivity index (χ0) is 21.5. The molecule has 4 rings (SSSR count). The van der Waals surface area contributed by atoms with Gasteiger partial charge in [0.1, 0.15) is 0 Å². The number of aryl methyl sites for hydroxylation is 1. The Labute approximate surface area is 175 Å². The van der Waals surface area contributed by atoms with E-state index in [9.17, 15) is 13.2 Å². The number of amides is 1. The summed E-state index contributed by atoms with van der Waals surface area (Å²) in [5.74, 6) is -0.316. The van der Waals surface area contributed by atoms with Gasteiger partial charge in [0.2, 0.25) is 10.0 Å². The first kappa shape index (κ1) is 20.0. The van der Waals surface area contributed by atoms with E-state index in [4.69, 9.17) is 0 Å². The monoisotopic (exact) mass is 419 g/mol. The molecule has 0 unspecified atom stereocenters. The van der Waals surface area contributed by atoms with Crippen LogP contribution in [0.2, 0.25) is 0 Å². The van der Waals surface area contributed by atoms with Gasteiger partial charge < -0.3 is 5.32 Å². The number of nitrogens with one attached hydrogen (secondary N) is 1. The van der Waals surface area contributed by atoms with E-state index in [1.807, 2.05) is 49.4 Å². The lowest BCUT2D eigenvalue weighted by Gasteiger charge is -2.13. The second-order valence-corrected chi connectivity index (χ2v) is 9.41. The molecule has 30 heavy (non-hydrogen) atoms. The van der Waals surface area contributed by atoms with Gasteiger partial charge in [0.15, 0.2) is 0 Å². The molecule has 152 valence electrons. The summed E-state index contributed by atoms with van der Waals surface area (Å²) >= 11 is 0. The number of pyridine rings is 1. The van der Waals surface area contributed by atoms with Crippen LogP contribution in [0, 0.1) is 6.92 Å². The second kappa shape index (κ2) is 7.51. The van der Waals surface area contributed by atoms with Crippen molar-refractivity contribution in [2.75, 3.05) is 19.4 Å². The van der Waals surface area contributed by atoms with Crippen LogP contribution in [0.15, 0.2) is 71.6 Å². The highest BCUT2D eigenvalue weighted by molar-refractivity contribution is 7.89. The second-order valence-electron chi connectivity index (χ2n) is 7.26. The van der Waals surface area contributed by atoms with Crippen molar-refractivity contribution in [3.8, 4) is 0 Å². The van der Waals surface area contributed by atoms with Crippen molar-refractivity contribution in [3.05, 3.63) is 78.0 Å². The van der Waals surface area contributed by atoms with Crippen LogP contribution in [0.1, 0.15) is 16.1 Å². The maximum absolute atomic E-state index is 12.8. The van der Waals surface area contributed by atoms with Crippen LogP contribution in [0.25, 0.3) is 21.7 Å². The number of hydrogen-bond donors (Lipinski definition) is 1. The van der Waals surface area contributed by atoms with Gasteiger partial charge in [-0.25, -0.2) is 12.7 Å². The third kappa shape index (κ3) is 3.53. The van der Waals surface area contributed by atoms with Gasteiger partial charge in [-0.1, -0.05) is 36.4 Å². The quantitative estimate of drug-likeness (QED) is 0.503. The van der Waals surface area contributed by atoms with Gasteiger partial charge in [0.05, 0.1) is 16.1 Å². The minimum atomic E-state index is -3.54. The van der Waals surface area contributed by atoms with Crippen LogP contribution in [0.5, 0.6) is 0 Å². The van der Waals surface area contributed by atoms with E-state index in [2.05, 4.69) is 10.3 Å². The zero-order valence-electron chi connectivity index (χ0n) is 16.9. The zero-order valence-corrected chi connectivity index (χ0v) is 17.7. The number of nitrogens with zero attached hydrogens (tertiary/aromatic N) is 2. The van der Waals surface area contributed by atoms with E-state index in [-0.39, 0.29) is 10.8 Å². The lowest BCUT2D eigenvalue weighted by molar-refractivity contribution is 0.102. The van der Waals surface area contributed by atoms with Gasteiger partial charge in [-0.3, -0.25) is 9.78 Å². The summed E-state index contributed by atoms with van der Waals surface area (Å²) in [5, 5.41) is 5.90. The molecule has 1 aromatic heterocycles. The number of aromatic nitrogens is 1. The number of hydrogen-bond acceptors (Lipinski definition) is 4. The molecule has 0 radical (unpaired) electrons. The third-order valence-corrected chi connectivity index (χ3v) is 6.80. The highest BCUT2D eigenvalue weighted by Crippen LogP contribution is 2.30. The molecule has 0 saturated heterocycles. The highest BCUT2D eigenvalue weighted by atomic mass is 32.2. The number of carbonyl (C=O) groups is 1. The van der Waals surface area contributed by atoms with Crippen LogP contribution < -0.4 is 5.32 Å². The number of sulfonamides is 1. The topological polar surface area (TPSA) is 79.4 Å². The van der Waals surface area contributed by atoms with Crippen molar-refractivity contribution in [2.45, 2.75) is 11.8 Å². The summed E-state index contributed by atoms with van der Waals surface area (Å²) in [6.45, 7) is 1.89. The maximum Gasteiger partial charge on any atom is 0.255 e. The predicted octanol–water partition coefficient (Wildman–Crippen LogP) is 4.20. The summed E-state index contributed by atoms with van der Waals surface area (Å²) in [4.78, 5) is 17.7. The summed E-state index contributed by atoms with van der Waals surface area (Å²) in [5.41, 5.74) is 2.66. The molecule has 0 atom stereocenters.